The van der Waals surface area contributed by atoms with Gasteiger partial charge in [-0.25, -0.2) is 0 Å². The summed E-state index contributed by atoms with van der Waals surface area (Å²) >= 11 is 3.72. The number of hydrogen-bond acceptors (Lipinski definition) is 3. The number of halogens is 1. The van der Waals surface area contributed by atoms with E-state index in [1.54, 1.807) is 0 Å². The second-order valence-electron chi connectivity index (χ2n) is 13.0. The van der Waals surface area contributed by atoms with Crippen LogP contribution >= 0.6 is 15.9 Å². The predicted molar refractivity (Wildman–Crippen MR) is 142 cm³/mol. The summed E-state index contributed by atoms with van der Waals surface area (Å²) in [7, 11) is -1.92. The molecule has 0 aromatic carbocycles. The van der Waals surface area contributed by atoms with E-state index in [-0.39, 0.29) is 26.6 Å². The van der Waals surface area contributed by atoms with Crippen LogP contribution in [0.2, 0.25) is 18.1 Å². The molecule has 0 radical (unpaired) electrons. The third-order valence-corrected chi connectivity index (χ3v) is 15.7. The van der Waals surface area contributed by atoms with Gasteiger partial charge in [-0.15, -0.1) is 0 Å². The zero-order valence-corrected chi connectivity index (χ0v) is 24.4. The summed E-state index contributed by atoms with van der Waals surface area (Å²) in [6, 6.07) is 0. The van der Waals surface area contributed by atoms with Crippen molar-refractivity contribution in [3.05, 3.63) is 22.6 Å². The Morgan fingerprint density at radius 3 is 2.55 bits per heavy atom. The van der Waals surface area contributed by atoms with Gasteiger partial charge in [-0.2, -0.15) is 0 Å². The van der Waals surface area contributed by atoms with Crippen LogP contribution in [0.4, 0.5) is 0 Å². The van der Waals surface area contributed by atoms with Crippen LogP contribution in [0, 0.1) is 34.5 Å². The highest BCUT2D eigenvalue weighted by atomic mass is 79.9. The zero-order valence-electron chi connectivity index (χ0n) is 21.8. The van der Waals surface area contributed by atoms with Crippen molar-refractivity contribution >= 4 is 30.0 Å². The molecule has 3 rings (SSSR count). The monoisotopic (exact) mass is 537 g/mol. The van der Waals surface area contributed by atoms with Crippen molar-refractivity contribution in [2.24, 2.45) is 39.6 Å². The van der Waals surface area contributed by atoms with Gasteiger partial charge in [0.05, 0.1) is 4.83 Å². The van der Waals surface area contributed by atoms with E-state index in [1.165, 1.54) is 5.57 Å². The highest BCUT2D eigenvalue weighted by Crippen LogP contribution is 2.63. The van der Waals surface area contributed by atoms with Gasteiger partial charge in [-0.3, -0.25) is 4.79 Å². The Balaban J connectivity index is 1.95. The maximum atomic E-state index is 12.9. The van der Waals surface area contributed by atoms with Crippen LogP contribution in [0.5, 0.6) is 0 Å². The lowest BCUT2D eigenvalue weighted by Crippen LogP contribution is -2.54. The van der Waals surface area contributed by atoms with Crippen molar-refractivity contribution in [3.8, 4) is 0 Å². The average molecular weight is 539 g/mol. The minimum absolute atomic E-state index is 0.0364. The second kappa shape index (κ2) is 9.44. The Labute approximate surface area is 210 Å². The van der Waals surface area contributed by atoms with Crippen LogP contribution in [0.15, 0.2) is 17.3 Å². The van der Waals surface area contributed by atoms with Gasteiger partial charge < -0.3 is 4.43 Å². The molecule has 7 heteroatoms. The average Bonchev–Trinajstić information content (AvgIpc) is 3.02. The Morgan fingerprint density at radius 1 is 1.27 bits per heavy atom. The summed E-state index contributed by atoms with van der Waals surface area (Å²) in [6.45, 7) is 21.8. The van der Waals surface area contributed by atoms with Gasteiger partial charge in [-0.1, -0.05) is 67.8 Å². The molecule has 0 spiro atoms. The van der Waals surface area contributed by atoms with E-state index in [0.29, 0.717) is 43.1 Å². The minimum atomic E-state index is -1.92. The lowest BCUT2D eigenvalue weighted by atomic mass is 9.49. The molecule has 0 bridgehead atoms. The van der Waals surface area contributed by atoms with E-state index in [2.05, 4.69) is 80.2 Å². The molecule has 3 saturated carbocycles. The Morgan fingerprint density at radius 2 is 1.94 bits per heavy atom. The number of hydrogen-bond donors (Lipinski definition) is 0. The van der Waals surface area contributed by atoms with Gasteiger partial charge in [0.25, 0.3) is 0 Å². The SMILES string of the molecule is C=C1CC[C@H]2[C@H](CN=[N+]=[N-])[C@@H]([C@@]3(C)CC(Br)C(=O)C[C@@H]3CO[Si](C)(C)C(C)(C)C)CC[C@]12C. The molecule has 186 valence electrons. The molecule has 7 atom stereocenters. The molecule has 0 aromatic heterocycles. The molecule has 0 aromatic rings. The summed E-state index contributed by atoms with van der Waals surface area (Å²) < 4.78 is 6.72. The van der Waals surface area contributed by atoms with Gasteiger partial charge >= 0.3 is 0 Å². The van der Waals surface area contributed by atoms with Crippen LogP contribution in [-0.2, 0) is 9.22 Å². The van der Waals surface area contributed by atoms with Crippen molar-refractivity contribution in [2.45, 2.75) is 96.1 Å². The Kier molecular flexibility index (Phi) is 7.72. The van der Waals surface area contributed by atoms with E-state index in [9.17, 15) is 4.79 Å². The van der Waals surface area contributed by atoms with Crippen molar-refractivity contribution < 1.29 is 9.22 Å². The Bertz CT molecular complexity index is 834. The molecule has 3 fully saturated rings. The molecule has 0 N–H and O–H groups in total. The Hall–Kier alpha value is -0.623. The fourth-order valence-corrected chi connectivity index (χ4v) is 8.83. The van der Waals surface area contributed by atoms with E-state index in [1.807, 2.05) is 0 Å². The highest BCUT2D eigenvalue weighted by Gasteiger charge is 2.57. The molecule has 3 aliphatic carbocycles. The van der Waals surface area contributed by atoms with Gasteiger partial charge in [0.2, 0.25) is 0 Å². The van der Waals surface area contributed by atoms with Crippen molar-refractivity contribution in [1.82, 2.24) is 0 Å². The first-order valence-electron chi connectivity index (χ1n) is 12.7. The maximum Gasteiger partial charge on any atom is 0.191 e. The van der Waals surface area contributed by atoms with E-state index < -0.39 is 8.32 Å². The first-order chi connectivity index (χ1) is 15.2. The number of rotatable bonds is 6. The van der Waals surface area contributed by atoms with Crippen molar-refractivity contribution in [1.29, 1.82) is 0 Å². The van der Waals surface area contributed by atoms with Gasteiger partial charge in [-0.05, 0) is 90.3 Å². The molecule has 1 unspecified atom stereocenters. The number of ketones is 1. The minimum Gasteiger partial charge on any atom is -0.417 e. The number of nitrogens with zero attached hydrogens (tertiary/aromatic N) is 3. The highest BCUT2D eigenvalue weighted by molar-refractivity contribution is 9.10. The molecule has 0 heterocycles. The van der Waals surface area contributed by atoms with Crippen LogP contribution in [0.3, 0.4) is 0 Å². The molecule has 3 aliphatic rings. The smallest absolute Gasteiger partial charge is 0.191 e. The molecular weight excluding hydrogens is 494 g/mol. The zero-order chi connectivity index (χ0) is 24.8. The van der Waals surface area contributed by atoms with E-state index >= 15 is 0 Å². The lowest BCUT2D eigenvalue weighted by Gasteiger charge is -2.57. The number of carbonyl (C=O) groups is 1. The standard InChI is InChI=1S/C26H44BrN3O2Si/c1-17-9-10-20-19(15-29-30-28)21(11-12-25(17,20)5)26(6)14-22(27)23(31)13-18(26)16-32-33(7,8)24(2,3)4/h18-22H,1,9-16H2,2-8H3/t18-,19+,20+,21+,22?,25-,26+/m1/s1. The third kappa shape index (κ3) is 4.89. The normalized spacial score (nSPS) is 39.8. The molecule has 0 amide bonds. The number of allylic oxidation sites excluding steroid dienone is 1. The number of fused-ring (bicyclic) bond motifs is 1. The summed E-state index contributed by atoms with van der Waals surface area (Å²) in [5, 5.41) is 4.25. The lowest BCUT2D eigenvalue weighted by molar-refractivity contribution is -0.130. The van der Waals surface area contributed by atoms with Crippen molar-refractivity contribution in [2.75, 3.05) is 13.2 Å². The van der Waals surface area contributed by atoms with Crippen molar-refractivity contribution in [3.63, 3.8) is 0 Å². The van der Waals surface area contributed by atoms with Gasteiger partial charge in [0.15, 0.2) is 8.32 Å². The summed E-state index contributed by atoms with van der Waals surface area (Å²) in [5.74, 6) is 1.73. The summed E-state index contributed by atoms with van der Waals surface area (Å²) in [6.07, 6.45) is 5.85. The number of alkyl halides is 1. The molecular formula is C26H44BrN3O2Si. The van der Waals surface area contributed by atoms with E-state index in [4.69, 9.17) is 9.96 Å². The molecule has 33 heavy (non-hydrogen) atoms. The molecule has 0 aliphatic heterocycles. The van der Waals surface area contributed by atoms with Crippen LogP contribution in [0.1, 0.15) is 73.1 Å². The van der Waals surface area contributed by atoms with Crippen LogP contribution in [-0.4, -0.2) is 32.1 Å². The fraction of sp³-hybridized carbons (Fsp3) is 0.885. The quantitative estimate of drug-likeness (QED) is 0.0856. The van der Waals surface area contributed by atoms with Gasteiger partial charge in [0, 0.05) is 24.5 Å². The second-order valence-corrected chi connectivity index (χ2v) is 18.9. The molecule has 0 saturated heterocycles. The number of azide groups is 1. The first-order valence-corrected chi connectivity index (χ1v) is 16.5. The number of carbonyl (C=O) groups excluding carboxylic acids is 1. The first kappa shape index (κ1) is 27.0. The summed E-state index contributed by atoms with van der Waals surface area (Å²) in [5.41, 5.74) is 10.6. The molecule has 5 nitrogen and oxygen atoms in total. The van der Waals surface area contributed by atoms with Crippen LogP contribution < -0.4 is 0 Å². The summed E-state index contributed by atoms with van der Waals surface area (Å²) in [4.78, 5) is 15.9. The van der Waals surface area contributed by atoms with Crippen LogP contribution in [0.25, 0.3) is 10.4 Å². The largest absolute Gasteiger partial charge is 0.417 e. The topological polar surface area (TPSA) is 75.1 Å². The fourth-order valence-electron chi connectivity index (χ4n) is 6.90. The third-order valence-electron chi connectivity index (χ3n) is 10.4. The maximum absolute atomic E-state index is 12.9. The number of Topliss-reactive ketones (excluding diaryl/α,β-unsaturated/α-hetero) is 1. The predicted octanol–water partition coefficient (Wildman–Crippen LogP) is 8.07. The van der Waals surface area contributed by atoms with E-state index in [0.717, 1.165) is 32.1 Å². The van der Waals surface area contributed by atoms with Gasteiger partial charge in [0.1, 0.15) is 5.78 Å².